The second-order valence-corrected chi connectivity index (χ2v) is 14.7. The molecule has 2 N–H and O–H groups in total. The number of hydrogen-bond acceptors (Lipinski definition) is 8. The summed E-state index contributed by atoms with van der Waals surface area (Å²) in [5, 5.41) is 3.29. The molecular weight excluding hydrogens is 700 g/mol. The number of anilines is 1. The summed E-state index contributed by atoms with van der Waals surface area (Å²) in [6, 6.07) is 11.7. The predicted molar refractivity (Wildman–Crippen MR) is 181 cm³/mol. The number of nitrogens with one attached hydrogen (secondary N) is 2. The van der Waals surface area contributed by atoms with Crippen LogP contribution in [0.1, 0.15) is 67.3 Å². The zero-order chi connectivity index (χ0) is 36.1. The summed E-state index contributed by atoms with van der Waals surface area (Å²) < 4.78 is 52.6. The average molecular weight is 735 g/mol. The molecule has 5 rings (SSSR count). The number of aryl methyl sites for hydroxylation is 1. The second kappa shape index (κ2) is 13.3. The van der Waals surface area contributed by atoms with E-state index in [-0.39, 0.29) is 57.4 Å². The highest BCUT2D eigenvalue weighted by atomic mass is 35.5. The van der Waals surface area contributed by atoms with Gasteiger partial charge >= 0.3 is 6.09 Å². The molecule has 4 amide bonds. The van der Waals surface area contributed by atoms with Gasteiger partial charge in [0, 0.05) is 27.9 Å². The van der Waals surface area contributed by atoms with Crippen molar-refractivity contribution >= 4 is 62.7 Å². The molecule has 1 saturated heterocycles. The molecule has 3 aromatic rings. The van der Waals surface area contributed by atoms with Gasteiger partial charge in [-0.3, -0.25) is 14.4 Å². The number of ether oxygens (including phenoxy) is 2. The van der Waals surface area contributed by atoms with Crippen molar-refractivity contribution in [2.45, 2.75) is 63.0 Å². The molecule has 0 aliphatic carbocycles. The molecule has 2 aliphatic rings. The third-order valence-electron chi connectivity index (χ3n) is 9.30. The predicted octanol–water partition coefficient (Wildman–Crippen LogP) is 5.85. The molecule has 2 aliphatic heterocycles. The van der Waals surface area contributed by atoms with Crippen molar-refractivity contribution in [3.05, 3.63) is 92.7 Å². The number of carbonyl (C=O) groups excluding carboxylic acids is 4. The number of rotatable bonds is 8. The van der Waals surface area contributed by atoms with Gasteiger partial charge in [-0.25, -0.2) is 27.2 Å². The van der Waals surface area contributed by atoms with E-state index in [2.05, 4.69) is 5.32 Å². The molecule has 3 aromatic carbocycles. The summed E-state index contributed by atoms with van der Waals surface area (Å²) in [6.45, 7) is 4.99. The third-order valence-corrected chi connectivity index (χ3v) is 10.3. The number of piperidine rings is 1. The number of benzene rings is 3. The molecule has 1 spiro atoms. The Hall–Kier alpha value is -4.20. The quantitative estimate of drug-likeness (QED) is 0.293. The van der Waals surface area contributed by atoms with Crippen LogP contribution >= 0.6 is 23.2 Å². The van der Waals surface area contributed by atoms with Crippen LogP contribution in [0.4, 0.5) is 14.9 Å². The van der Waals surface area contributed by atoms with Gasteiger partial charge in [0.15, 0.2) is 5.60 Å². The summed E-state index contributed by atoms with van der Waals surface area (Å²) in [6.07, 6.45) is -0.455. The number of amides is 4. The summed E-state index contributed by atoms with van der Waals surface area (Å²) in [5.41, 5.74) is -2.17. The first-order chi connectivity index (χ1) is 23.0. The van der Waals surface area contributed by atoms with Crippen molar-refractivity contribution in [3.8, 4) is 5.75 Å². The van der Waals surface area contributed by atoms with Crippen molar-refractivity contribution in [2.75, 3.05) is 18.3 Å². The maximum absolute atomic E-state index is 15.1. The number of halogens is 3. The standard InChI is InChI=1S/C34H34Cl2FN3O8S/c1-6-33(7-2,30(42)39-49(5,45)46)48-27-13-10-19(35)14-23(27)25-17-28(41)38-29(22-16-21(37)11-8-18(22)3)34(25)24-12-9-20(36)15-26(24)40(31(34)43)32(44)47-4/h8-16,25,29H,6-7,17H2,1-5H3,(H,38,41)(H,39,42)/t25-,29+,34-/m1/s1. The molecule has 0 bridgehead atoms. The maximum Gasteiger partial charge on any atom is 0.420 e. The van der Waals surface area contributed by atoms with Crippen molar-refractivity contribution in [1.29, 1.82) is 0 Å². The van der Waals surface area contributed by atoms with Crippen LogP contribution in [0.3, 0.4) is 0 Å². The molecule has 0 radical (unpaired) electrons. The molecule has 1 fully saturated rings. The fourth-order valence-corrected chi connectivity index (χ4v) is 7.81. The Labute approximate surface area is 293 Å². The number of carbonyl (C=O) groups is 4. The molecular formula is C34H34Cl2FN3O8S. The Morgan fingerprint density at radius 3 is 2.33 bits per heavy atom. The number of hydrogen-bond donors (Lipinski definition) is 2. The average Bonchev–Trinajstić information content (AvgIpc) is 3.28. The van der Waals surface area contributed by atoms with Crippen LogP contribution in [0.2, 0.25) is 10.0 Å². The normalized spacial score (nSPS) is 20.5. The van der Waals surface area contributed by atoms with Crippen LogP contribution in [0.15, 0.2) is 54.6 Å². The van der Waals surface area contributed by atoms with Crippen LogP contribution in [0.5, 0.6) is 5.75 Å². The fraction of sp³-hybridized carbons (Fsp3) is 0.353. The smallest absolute Gasteiger partial charge is 0.420 e. The van der Waals surface area contributed by atoms with E-state index in [0.717, 1.165) is 18.3 Å². The molecule has 11 nitrogen and oxygen atoms in total. The highest BCUT2D eigenvalue weighted by molar-refractivity contribution is 7.89. The van der Waals surface area contributed by atoms with E-state index in [4.69, 9.17) is 32.7 Å². The van der Waals surface area contributed by atoms with Gasteiger partial charge in [0.2, 0.25) is 21.8 Å². The summed E-state index contributed by atoms with van der Waals surface area (Å²) in [4.78, 5) is 56.4. The Bertz CT molecular complexity index is 1990. The van der Waals surface area contributed by atoms with E-state index in [9.17, 15) is 27.2 Å². The van der Waals surface area contributed by atoms with Crippen molar-refractivity contribution in [1.82, 2.24) is 10.0 Å². The van der Waals surface area contributed by atoms with E-state index in [1.54, 1.807) is 26.8 Å². The first-order valence-corrected chi connectivity index (χ1v) is 18.0. The fourth-order valence-electron chi connectivity index (χ4n) is 6.94. The number of imide groups is 1. The molecule has 0 unspecified atom stereocenters. The van der Waals surface area contributed by atoms with Crippen molar-refractivity contribution in [3.63, 3.8) is 0 Å². The Kier molecular flexibility index (Phi) is 9.76. The van der Waals surface area contributed by atoms with Crippen molar-refractivity contribution < 1.29 is 41.5 Å². The lowest BCUT2D eigenvalue weighted by Gasteiger charge is -2.47. The number of methoxy groups -OCH3 is 1. The minimum Gasteiger partial charge on any atom is -0.477 e. The van der Waals surface area contributed by atoms with Gasteiger partial charge in [-0.15, -0.1) is 0 Å². The van der Waals surface area contributed by atoms with E-state index in [1.807, 2.05) is 4.72 Å². The van der Waals surface area contributed by atoms with Crippen LogP contribution in [-0.2, 0) is 34.6 Å². The molecule has 0 aromatic heterocycles. The van der Waals surface area contributed by atoms with E-state index >= 15 is 4.79 Å². The Morgan fingerprint density at radius 1 is 1.04 bits per heavy atom. The lowest BCUT2D eigenvalue weighted by Crippen LogP contribution is -2.59. The topological polar surface area (TPSA) is 148 Å². The highest BCUT2D eigenvalue weighted by Crippen LogP contribution is 2.61. The van der Waals surface area contributed by atoms with Crippen molar-refractivity contribution in [2.24, 2.45) is 0 Å². The minimum atomic E-state index is -3.98. The van der Waals surface area contributed by atoms with E-state index < -0.39 is 62.6 Å². The molecule has 2 heterocycles. The van der Waals surface area contributed by atoms with Gasteiger partial charge in [0.25, 0.3) is 5.91 Å². The third kappa shape index (κ3) is 6.23. The zero-order valence-corrected chi connectivity index (χ0v) is 29.6. The second-order valence-electron chi connectivity index (χ2n) is 12.1. The van der Waals surface area contributed by atoms with Crippen LogP contribution in [0.25, 0.3) is 0 Å². The summed E-state index contributed by atoms with van der Waals surface area (Å²) >= 11 is 12.9. The largest absolute Gasteiger partial charge is 0.477 e. The summed E-state index contributed by atoms with van der Waals surface area (Å²) in [5.74, 6) is -3.98. The van der Waals surface area contributed by atoms with Gasteiger partial charge < -0.3 is 14.8 Å². The first-order valence-electron chi connectivity index (χ1n) is 15.3. The Morgan fingerprint density at radius 2 is 1.69 bits per heavy atom. The highest BCUT2D eigenvalue weighted by Gasteiger charge is 2.65. The minimum absolute atomic E-state index is 0.0324. The first kappa shape index (κ1) is 36.1. The molecule has 15 heteroatoms. The lowest BCUT2D eigenvalue weighted by atomic mass is 9.58. The van der Waals surface area contributed by atoms with Gasteiger partial charge in [0.1, 0.15) is 17.0 Å². The van der Waals surface area contributed by atoms with Crippen LogP contribution < -0.4 is 19.7 Å². The summed E-state index contributed by atoms with van der Waals surface area (Å²) in [7, 11) is -2.87. The number of nitrogens with zero attached hydrogens (tertiary/aromatic N) is 1. The van der Waals surface area contributed by atoms with Crippen LogP contribution in [0, 0.1) is 12.7 Å². The SMILES string of the molecule is CCC(CC)(Oc1ccc(Cl)cc1[C@H]1CC(=O)N[C@@H](c2cc(F)ccc2C)[C@]12C(=O)N(C(=O)OC)c1cc(Cl)ccc12)C(=O)NS(C)(=O)=O. The maximum atomic E-state index is 15.1. The van der Waals surface area contributed by atoms with E-state index in [0.29, 0.717) is 5.56 Å². The van der Waals surface area contributed by atoms with E-state index in [1.165, 1.54) is 48.5 Å². The van der Waals surface area contributed by atoms with Gasteiger partial charge in [0.05, 0.1) is 25.1 Å². The molecule has 260 valence electrons. The number of fused-ring (bicyclic) bond motifs is 2. The van der Waals surface area contributed by atoms with Crippen LogP contribution in [-0.4, -0.2) is 51.2 Å². The van der Waals surface area contributed by atoms with Gasteiger partial charge in [-0.2, -0.15) is 0 Å². The number of sulfonamides is 1. The zero-order valence-electron chi connectivity index (χ0n) is 27.2. The molecule has 49 heavy (non-hydrogen) atoms. The van der Waals surface area contributed by atoms with Gasteiger partial charge in [-0.05, 0) is 78.9 Å². The molecule has 0 saturated carbocycles. The lowest BCUT2D eigenvalue weighted by molar-refractivity contribution is -0.136. The monoisotopic (exact) mass is 733 g/mol. The van der Waals surface area contributed by atoms with Gasteiger partial charge in [-0.1, -0.05) is 49.2 Å². The molecule has 3 atom stereocenters. The Balaban J connectivity index is 1.85.